The predicted octanol–water partition coefficient (Wildman–Crippen LogP) is 2.39. The van der Waals surface area contributed by atoms with Gasteiger partial charge < -0.3 is 20.5 Å². The molecule has 0 bridgehead atoms. The van der Waals surface area contributed by atoms with E-state index in [-0.39, 0.29) is 0 Å². The summed E-state index contributed by atoms with van der Waals surface area (Å²) in [7, 11) is 0. The zero-order valence-corrected chi connectivity index (χ0v) is 10.8. The molecule has 0 radical (unpaired) electrons. The maximum absolute atomic E-state index is 5.54. The Balaban J connectivity index is 1.72. The predicted molar refractivity (Wildman–Crippen MR) is 73.4 cm³/mol. The minimum absolute atomic E-state index is 0.634. The molecule has 4 heteroatoms. The van der Waals surface area contributed by atoms with Gasteiger partial charge in [0.05, 0.1) is 0 Å². The highest BCUT2D eigenvalue weighted by Crippen LogP contribution is 2.32. The second kappa shape index (κ2) is 7.11. The van der Waals surface area contributed by atoms with Crippen molar-refractivity contribution in [2.24, 2.45) is 5.73 Å². The highest BCUT2D eigenvalue weighted by atomic mass is 16.6. The molecule has 0 aromatic heterocycles. The van der Waals surface area contributed by atoms with Gasteiger partial charge in [0, 0.05) is 18.3 Å². The standard InChI is InChI=1S/C14H22N2O2/c15-7-3-1-2-4-8-16-12-5-6-13-14(11-12)18-10-9-17-13/h5-6,11,16H,1-4,7-10,15H2. The van der Waals surface area contributed by atoms with Crippen LogP contribution in [0.15, 0.2) is 18.2 Å². The number of unbranched alkanes of at least 4 members (excludes halogenated alkanes) is 3. The number of nitrogens with one attached hydrogen (secondary N) is 1. The summed E-state index contributed by atoms with van der Waals surface area (Å²) in [6.45, 7) is 3.07. The number of benzene rings is 1. The summed E-state index contributed by atoms with van der Waals surface area (Å²) >= 11 is 0. The number of rotatable bonds is 7. The Morgan fingerprint density at radius 2 is 1.78 bits per heavy atom. The molecule has 18 heavy (non-hydrogen) atoms. The highest BCUT2D eigenvalue weighted by Gasteiger charge is 2.11. The van der Waals surface area contributed by atoms with Crippen LogP contribution in [0.4, 0.5) is 5.69 Å². The fourth-order valence-corrected chi connectivity index (χ4v) is 2.01. The Kier molecular flexibility index (Phi) is 5.15. The Labute approximate surface area is 108 Å². The average molecular weight is 250 g/mol. The molecule has 2 rings (SSSR count). The quantitative estimate of drug-likeness (QED) is 0.730. The molecule has 1 aliphatic heterocycles. The van der Waals surface area contributed by atoms with Gasteiger partial charge in [-0.1, -0.05) is 12.8 Å². The monoisotopic (exact) mass is 250 g/mol. The van der Waals surface area contributed by atoms with Crippen LogP contribution in [0.3, 0.4) is 0 Å². The van der Waals surface area contributed by atoms with Gasteiger partial charge in [0.15, 0.2) is 11.5 Å². The molecule has 0 fully saturated rings. The zero-order chi connectivity index (χ0) is 12.6. The van der Waals surface area contributed by atoms with Crippen LogP contribution in [0.2, 0.25) is 0 Å². The van der Waals surface area contributed by atoms with Crippen molar-refractivity contribution in [1.29, 1.82) is 0 Å². The first-order valence-electron chi connectivity index (χ1n) is 6.74. The molecule has 0 spiro atoms. The van der Waals surface area contributed by atoms with Gasteiger partial charge in [-0.3, -0.25) is 0 Å². The van der Waals surface area contributed by atoms with Gasteiger partial charge >= 0.3 is 0 Å². The number of fused-ring (bicyclic) bond motifs is 1. The first-order valence-corrected chi connectivity index (χ1v) is 6.74. The van der Waals surface area contributed by atoms with Crippen LogP contribution in [0, 0.1) is 0 Å². The lowest BCUT2D eigenvalue weighted by molar-refractivity contribution is 0.171. The Morgan fingerprint density at radius 1 is 1.00 bits per heavy atom. The van der Waals surface area contributed by atoms with E-state index >= 15 is 0 Å². The summed E-state index contributed by atoms with van der Waals surface area (Å²) in [6, 6.07) is 6.01. The second-order valence-corrected chi connectivity index (χ2v) is 4.49. The summed E-state index contributed by atoms with van der Waals surface area (Å²) in [5.74, 6) is 1.68. The second-order valence-electron chi connectivity index (χ2n) is 4.49. The van der Waals surface area contributed by atoms with Gasteiger partial charge in [-0.15, -0.1) is 0 Å². The van der Waals surface area contributed by atoms with Crippen molar-refractivity contribution in [2.75, 3.05) is 31.6 Å². The molecule has 0 saturated heterocycles. The molecular formula is C14H22N2O2. The topological polar surface area (TPSA) is 56.5 Å². The van der Waals surface area contributed by atoms with E-state index in [1.54, 1.807) is 0 Å². The van der Waals surface area contributed by atoms with E-state index in [2.05, 4.69) is 5.32 Å². The maximum atomic E-state index is 5.54. The molecule has 0 atom stereocenters. The molecule has 0 aliphatic carbocycles. The third-order valence-electron chi connectivity index (χ3n) is 3.00. The SMILES string of the molecule is NCCCCCCNc1ccc2c(c1)OCCO2. The average Bonchev–Trinajstić information content (AvgIpc) is 2.42. The van der Waals surface area contributed by atoms with Gasteiger partial charge in [-0.05, 0) is 31.5 Å². The molecule has 3 N–H and O–H groups in total. The Morgan fingerprint density at radius 3 is 2.61 bits per heavy atom. The lowest BCUT2D eigenvalue weighted by Crippen LogP contribution is -2.15. The summed E-state index contributed by atoms with van der Waals surface area (Å²) in [5.41, 5.74) is 6.55. The normalized spacial score (nSPS) is 13.4. The van der Waals surface area contributed by atoms with Crippen molar-refractivity contribution >= 4 is 5.69 Å². The lowest BCUT2D eigenvalue weighted by Gasteiger charge is -2.19. The first-order chi connectivity index (χ1) is 8.90. The molecule has 1 aliphatic rings. The summed E-state index contributed by atoms with van der Waals surface area (Å²) in [4.78, 5) is 0. The molecule has 0 unspecified atom stereocenters. The maximum Gasteiger partial charge on any atom is 0.163 e. The van der Waals surface area contributed by atoms with Crippen molar-refractivity contribution in [2.45, 2.75) is 25.7 Å². The minimum atomic E-state index is 0.634. The van der Waals surface area contributed by atoms with E-state index in [0.29, 0.717) is 13.2 Å². The van der Waals surface area contributed by atoms with Crippen LogP contribution < -0.4 is 20.5 Å². The molecule has 100 valence electrons. The van der Waals surface area contributed by atoms with Crippen molar-refractivity contribution < 1.29 is 9.47 Å². The van der Waals surface area contributed by atoms with Crippen LogP contribution in [-0.4, -0.2) is 26.3 Å². The van der Waals surface area contributed by atoms with E-state index in [0.717, 1.165) is 36.7 Å². The van der Waals surface area contributed by atoms with E-state index < -0.39 is 0 Å². The van der Waals surface area contributed by atoms with Crippen LogP contribution >= 0.6 is 0 Å². The van der Waals surface area contributed by atoms with Gasteiger partial charge in [0.1, 0.15) is 13.2 Å². The van der Waals surface area contributed by atoms with Gasteiger partial charge in [0.2, 0.25) is 0 Å². The number of ether oxygens (including phenoxy) is 2. The smallest absolute Gasteiger partial charge is 0.163 e. The molecule has 1 aromatic carbocycles. The summed E-state index contributed by atoms with van der Waals surface area (Å²) in [6.07, 6.45) is 4.76. The van der Waals surface area contributed by atoms with E-state index in [9.17, 15) is 0 Å². The molecule has 4 nitrogen and oxygen atoms in total. The van der Waals surface area contributed by atoms with E-state index in [1.807, 2.05) is 18.2 Å². The van der Waals surface area contributed by atoms with E-state index in [1.165, 1.54) is 19.3 Å². The fourth-order valence-electron chi connectivity index (χ4n) is 2.01. The number of anilines is 1. The zero-order valence-electron chi connectivity index (χ0n) is 10.8. The van der Waals surface area contributed by atoms with Crippen molar-refractivity contribution in [3.8, 4) is 11.5 Å². The van der Waals surface area contributed by atoms with Crippen LogP contribution in [0.1, 0.15) is 25.7 Å². The summed E-state index contributed by atoms with van der Waals surface area (Å²) in [5, 5.41) is 3.40. The summed E-state index contributed by atoms with van der Waals surface area (Å²) < 4.78 is 11.0. The third-order valence-corrected chi connectivity index (χ3v) is 3.00. The molecule has 1 heterocycles. The van der Waals surface area contributed by atoms with Gasteiger partial charge in [-0.25, -0.2) is 0 Å². The molecular weight excluding hydrogens is 228 g/mol. The van der Waals surface area contributed by atoms with Crippen molar-refractivity contribution in [1.82, 2.24) is 0 Å². The largest absolute Gasteiger partial charge is 0.486 e. The number of hydrogen-bond donors (Lipinski definition) is 2. The van der Waals surface area contributed by atoms with Crippen molar-refractivity contribution in [3.05, 3.63) is 18.2 Å². The van der Waals surface area contributed by atoms with Crippen LogP contribution in [0.5, 0.6) is 11.5 Å². The van der Waals surface area contributed by atoms with Crippen molar-refractivity contribution in [3.63, 3.8) is 0 Å². The third kappa shape index (κ3) is 3.81. The molecule has 0 amide bonds. The lowest BCUT2D eigenvalue weighted by atomic mass is 10.2. The molecule has 1 aromatic rings. The Hall–Kier alpha value is -1.42. The first kappa shape index (κ1) is 13.0. The van der Waals surface area contributed by atoms with Crippen LogP contribution in [-0.2, 0) is 0 Å². The van der Waals surface area contributed by atoms with E-state index in [4.69, 9.17) is 15.2 Å². The number of hydrogen-bond acceptors (Lipinski definition) is 4. The highest BCUT2D eigenvalue weighted by molar-refractivity contribution is 5.55. The number of nitrogens with two attached hydrogens (primary N) is 1. The Bertz CT molecular complexity index is 369. The van der Waals surface area contributed by atoms with Gasteiger partial charge in [-0.2, -0.15) is 0 Å². The fraction of sp³-hybridized carbons (Fsp3) is 0.571. The van der Waals surface area contributed by atoms with Gasteiger partial charge in [0.25, 0.3) is 0 Å². The van der Waals surface area contributed by atoms with Crippen LogP contribution in [0.25, 0.3) is 0 Å². The minimum Gasteiger partial charge on any atom is -0.486 e. The molecule has 0 saturated carbocycles.